The van der Waals surface area contributed by atoms with Crippen LogP contribution >= 0.6 is 11.6 Å². The molecule has 1 aromatic rings. The Bertz CT molecular complexity index is 365. The topological polar surface area (TPSA) is 9.23 Å². The summed E-state index contributed by atoms with van der Waals surface area (Å²) in [4.78, 5) is 0. The maximum absolute atomic E-state index is 12.3. The second-order valence-electron chi connectivity index (χ2n) is 3.97. The van der Waals surface area contributed by atoms with Crippen LogP contribution in [0.15, 0.2) is 12.1 Å². The van der Waals surface area contributed by atoms with Crippen molar-refractivity contribution in [1.29, 1.82) is 0 Å². The van der Waals surface area contributed by atoms with Crippen LogP contribution in [0.4, 0.5) is 4.39 Å². The SMILES string of the molecule is COc1ccc2c(c1Cl)CC(CCF)C2. The zero-order valence-electron chi connectivity index (χ0n) is 8.72. The van der Waals surface area contributed by atoms with E-state index in [9.17, 15) is 4.39 Å². The Morgan fingerprint density at radius 3 is 2.93 bits per heavy atom. The number of hydrogen-bond donors (Lipinski definition) is 0. The highest BCUT2D eigenvalue weighted by atomic mass is 35.5. The Morgan fingerprint density at radius 1 is 1.47 bits per heavy atom. The van der Waals surface area contributed by atoms with Gasteiger partial charge in [-0.2, -0.15) is 0 Å². The van der Waals surface area contributed by atoms with E-state index >= 15 is 0 Å². The average molecular weight is 229 g/mol. The molecule has 0 fully saturated rings. The summed E-state index contributed by atoms with van der Waals surface area (Å²) in [5, 5.41) is 0.705. The molecule has 1 aliphatic rings. The van der Waals surface area contributed by atoms with Gasteiger partial charge in [-0.25, -0.2) is 0 Å². The van der Waals surface area contributed by atoms with Crippen molar-refractivity contribution in [2.75, 3.05) is 13.8 Å². The quantitative estimate of drug-likeness (QED) is 0.770. The Hall–Kier alpha value is -0.760. The second-order valence-corrected chi connectivity index (χ2v) is 4.35. The van der Waals surface area contributed by atoms with Crippen molar-refractivity contribution in [3.8, 4) is 5.75 Å². The summed E-state index contributed by atoms with van der Waals surface area (Å²) in [7, 11) is 1.61. The highest BCUT2D eigenvalue weighted by Gasteiger charge is 2.24. The maximum atomic E-state index is 12.3. The highest BCUT2D eigenvalue weighted by Crippen LogP contribution is 2.38. The van der Waals surface area contributed by atoms with E-state index in [4.69, 9.17) is 16.3 Å². The van der Waals surface area contributed by atoms with E-state index < -0.39 is 0 Å². The summed E-state index contributed by atoms with van der Waals surface area (Å²) in [5.41, 5.74) is 2.40. The van der Waals surface area contributed by atoms with Crippen LogP contribution in [0.3, 0.4) is 0 Å². The summed E-state index contributed by atoms with van der Waals surface area (Å²) in [5.74, 6) is 1.13. The van der Waals surface area contributed by atoms with E-state index in [1.54, 1.807) is 7.11 Å². The third-order valence-corrected chi connectivity index (χ3v) is 3.46. The van der Waals surface area contributed by atoms with E-state index in [1.807, 2.05) is 12.1 Å². The fourth-order valence-electron chi connectivity index (χ4n) is 2.24. The van der Waals surface area contributed by atoms with Crippen LogP contribution in [0.25, 0.3) is 0 Å². The number of benzene rings is 1. The van der Waals surface area contributed by atoms with Gasteiger partial charge in [-0.15, -0.1) is 0 Å². The van der Waals surface area contributed by atoms with Gasteiger partial charge in [0.1, 0.15) is 5.75 Å². The van der Waals surface area contributed by atoms with Gasteiger partial charge in [0.15, 0.2) is 0 Å². The van der Waals surface area contributed by atoms with E-state index in [0.717, 1.165) is 24.2 Å². The van der Waals surface area contributed by atoms with Gasteiger partial charge in [0.2, 0.25) is 0 Å². The van der Waals surface area contributed by atoms with Crippen molar-refractivity contribution < 1.29 is 9.13 Å². The summed E-state index contributed by atoms with van der Waals surface area (Å²) < 4.78 is 17.4. The predicted octanol–water partition coefficient (Wildman–Crippen LogP) is 3.42. The zero-order chi connectivity index (χ0) is 10.8. The minimum absolute atomic E-state index is 0.243. The molecule has 1 atom stereocenters. The molecule has 1 unspecified atom stereocenters. The number of hydrogen-bond acceptors (Lipinski definition) is 1. The molecule has 15 heavy (non-hydrogen) atoms. The first-order valence-corrected chi connectivity index (χ1v) is 5.54. The average Bonchev–Trinajstić information content (AvgIpc) is 2.63. The number of alkyl halides is 1. The van der Waals surface area contributed by atoms with E-state index in [2.05, 4.69) is 0 Å². The molecule has 3 heteroatoms. The molecule has 0 spiro atoms. The predicted molar refractivity (Wildman–Crippen MR) is 59.5 cm³/mol. The Balaban J connectivity index is 2.26. The molecule has 1 nitrogen and oxygen atoms in total. The molecule has 0 amide bonds. The molecule has 0 saturated heterocycles. The van der Waals surface area contributed by atoms with Gasteiger partial charge in [-0.1, -0.05) is 17.7 Å². The summed E-state index contributed by atoms with van der Waals surface area (Å²) >= 11 is 6.20. The van der Waals surface area contributed by atoms with Crippen molar-refractivity contribution in [2.45, 2.75) is 19.3 Å². The van der Waals surface area contributed by atoms with Gasteiger partial charge >= 0.3 is 0 Å². The van der Waals surface area contributed by atoms with E-state index in [0.29, 0.717) is 17.4 Å². The number of fused-ring (bicyclic) bond motifs is 1. The minimum Gasteiger partial charge on any atom is -0.495 e. The minimum atomic E-state index is -0.243. The van der Waals surface area contributed by atoms with Gasteiger partial charge in [-0.05, 0) is 42.4 Å². The molecule has 1 aliphatic carbocycles. The third kappa shape index (κ3) is 1.96. The summed E-state index contributed by atoms with van der Waals surface area (Å²) in [6.07, 6.45) is 2.46. The Morgan fingerprint density at radius 2 is 2.27 bits per heavy atom. The van der Waals surface area contributed by atoms with Gasteiger partial charge in [0.05, 0.1) is 18.8 Å². The fourth-order valence-corrected chi connectivity index (χ4v) is 2.58. The van der Waals surface area contributed by atoms with E-state index in [1.165, 1.54) is 5.56 Å². The van der Waals surface area contributed by atoms with E-state index in [-0.39, 0.29) is 6.67 Å². The number of rotatable bonds is 3. The normalized spacial score (nSPS) is 19.0. The number of ether oxygens (including phenoxy) is 1. The van der Waals surface area contributed by atoms with Crippen LogP contribution in [0, 0.1) is 5.92 Å². The van der Waals surface area contributed by atoms with Crippen LogP contribution in [-0.4, -0.2) is 13.8 Å². The smallest absolute Gasteiger partial charge is 0.137 e. The van der Waals surface area contributed by atoms with Crippen LogP contribution in [0.1, 0.15) is 17.5 Å². The molecule has 82 valence electrons. The summed E-state index contributed by atoms with van der Waals surface area (Å²) in [6.45, 7) is -0.243. The highest BCUT2D eigenvalue weighted by molar-refractivity contribution is 6.33. The van der Waals surface area contributed by atoms with Crippen molar-refractivity contribution in [1.82, 2.24) is 0 Å². The van der Waals surface area contributed by atoms with Gasteiger partial charge in [0, 0.05) is 0 Å². The molecule has 0 aromatic heterocycles. The van der Waals surface area contributed by atoms with Crippen molar-refractivity contribution in [2.24, 2.45) is 5.92 Å². The van der Waals surface area contributed by atoms with Gasteiger partial charge < -0.3 is 4.74 Å². The van der Waals surface area contributed by atoms with Crippen LogP contribution in [-0.2, 0) is 12.8 Å². The lowest BCUT2D eigenvalue weighted by Crippen LogP contribution is -1.99. The van der Waals surface area contributed by atoms with Crippen molar-refractivity contribution in [3.05, 3.63) is 28.3 Å². The van der Waals surface area contributed by atoms with Crippen molar-refractivity contribution in [3.63, 3.8) is 0 Å². The molecule has 0 radical (unpaired) electrons. The largest absolute Gasteiger partial charge is 0.495 e. The standard InChI is InChI=1S/C12H14ClFO/c1-15-11-3-2-9-6-8(4-5-14)7-10(9)12(11)13/h2-3,8H,4-7H2,1H3. The van der Waals surface area contributed by atoms with Crippen molar-refractivity contribution >= 4 is 11.6 Å². The first kappa shape index (κ1) is 10.7. The maximum Gasteiger partial charge on any atom is 0.137 e. The second kappa shape index (κ2) is 4.40. The van der Waals surface area contributed by atoms with Gasteiger partial charge in [0.25, 0.3) is 0 Å². The van der Waals surface area contributed by atoms with Crippen LogP contribution in [0.2, 0.25) is 5.02 Å². The first-order chi connectivity index (χ1) is 7.26. The molecule has 0 heterocycles. The fraction of sp³-hybridized carbons (Fsp3) is 0.500. The molecule has 0 saturated carbocycles. The Kier molecular flexibility index (Phi) is 3.15. The first-order valence-electron chi connectivity index (χ1n) is 5.16. The number of halogens is 2. The lowest BCUT2D eigenvalue weighted by atomic mass is 10.0. The van der Waals surface area contributed by atoms with Crippen LogP contribution in [0.5, 0.6) is 5.75 Å². The Labute approximate surface area is 94.2 Å². The molecular weight excluding hydrogens is 215 g/mol. The molecule has 0 aliphatic heterocycles. The van der Waals surface area contributed by atoms with Gasteiger partial charge in [-0.3, -0.25) is 4.39 Å². The molecule has 2 rings (SSSR count). The molecule has 1 aromatic carbocycles. The third-order valence-electron chi connectivity index (χ3n) is 3.04. The molecule has 0 bridgehead atoms. The monoisotopic (exact) mass is 228 g/mol. The lowest BCUT2D eigenvalue weighted by Gasteiger charge is -2.07. The number of methoxy groups -OCH3 is 1. The van der Waals surface area contributed by atoms with Crippen LogP contribution < -0.4 is 4.74 Å². The zero-order valence-corrected chi connectivity index (χ0v) is 9.48. The molecular formula is C12H14ClFO. The molecule has 0 N–H and O–H groups in total. The lowest BCUT2D eigenvalue weighted by molar-refractivity contribution is 0.395. The summed E-state index contributed by atoms with van der Waals surface area (Å²) in [6, 6.07) is 3.93.